The van der Waals surface area contributed by atoms with E-state index in [2.05, 4.69) is 11.0 Å². The van der Waals surface area contributed by atoms with E-state index in [0.717, 1.165) is 11.4 Å². The molecule has 1 aromatic heterocycles. The third kappa shape index (κ3) is 1.90. The van der Waals surface area contributed by atoms with Gasteiger partial charge in [-0.25, -0.2) is 0 Å². The van der Waals surface area contributed by atoms with Crippen LogP contribution in [0.5, 0.6) is 0 Å². The average Bonchev–Trinajstić information content (AvgIpc) is 2.32. The van der Waals surface area contributed by atoms with Crippen LogP contribution in [0.15, 0.2) is 0 Å². The Bertz CT molecular complexity index is 344. The summed E-state index contributed by atoms with van der Waals surface area (Å²) in [5.74, 6) is 2.52. The van der Waals surface area contributed by atoms with Gasteiger partial charge in [0, 0.05) is 19.2 Å². The molecule has 0 spiro atoms. The molecule has 1 atom stereocenters. The van der Waals surface area contributed by atoms with Crippen LogP contribution in [-0.2, 0) is 13.5 Å². The molecule has 1 rings (SSSR count). The van der Waals surface area contributed by atoms with E-state index in [4.69, 9.17) is 12.2 Å². The molecular weight excluding hydrogens is 162 g/mol. The van der Waals surface area contributed by atoms with Crippen LogP contribution in [0.2, 0.25) is 0 Å². The van der Waals surface area contributed by atoms with Crippen molar-refractivity contribution in [3.05, 3.63) is 17.0 Å². The molecular formula is C10H15N3. The summed E-state index contributed by atoms with van der Waals surface area (Å²) in [5, 5.41) is 4.29. The normalized spacial score (nSPS) is 12.5. The second-order valence-corrected chi connectivity index (χ2v) is 3.25. The van der Waals surface area contributed by atoms with Crippen molar-refractivity contribution < 1.29 is 0 Å². The maximum atomic E-state index is 5.68. The molecule has 1 aromatic rings. The van der Waals surface area contributed by atoms with Gasteiger partial charge in [-0.1, -0.05) is 5.92 Å². The van der Waals surface area contributed by atoms with Crippen LogP contribution >= 0.6 is 0 Å². The van der Waals surface area contributed by atoms with Gasteiger partial charge in [0.25, 0.3) is 0 Å². The van der Waals surface area contributed by atoms with E-state index in [9.17, 15) is 0 Å². The van der Waals surface area contributed by atoms with Crippen molar-refractivity contribution in [1.82, 2.24) is 9.78 Å². The maximum Gasteiger partial charge on any atom is 0.0704 e. The highest BCUT2D eigenvalue weighted by Crippen LogP contribution is 2.13. The lowest BCUT2D eigenvalue weighted by Crippen LogP contribution is -2.20. The Balaban J connectivity index is 2.95. The number of rotatable bonds is 2. The molecule has 0 aliphatic rings. The van der Waals surface area contributed by atoms with E-state index in [0.29, 0.717) is 6.42 Å². The summed E-state index contributed by atoms with van der Waals surface area (Å²) in [7, 11) is 1.92. The lowest BCUT2D eigenvalue weighted by molar-refractivity contribution is 0.728. The second-order valence-electron chi connectivity index (χ2n) is 3.25. The predicted octanol–water partition coefficient (Wildman–Crippen LogP) is 0.540. The highest BCUT2D eigenvalue weighted by Gasteiger charge is 2.11. The summed E-state index contributed by atoms with van der Waals surface area (Å²) >= 11 is 0. The van der Waals surface area contributed by atoms with Crippen LogP contribution < -0.4 is 5.73 Å². The number of aromatic nitrogens is 2. The highest BCUT2D eigenvalue weighted by atomic mass is 15.3. The van der Waals surface area contributed by atoms with Crippen LogP contribution in [0.3, 0.4) is 0 Å². The first-order valence-corrected chi connectivity index (χ1v) is 4.27. The zero-order valence-corrected chi connectivity index (χ0v) is 8.33. The number of nitrogens with zero attached hydrogens (tertiary/aromatic N) is 2. The quantitative estimate of drug-likeness (QED) is 0.670. The van der Waals surface area contributed by atoms with Crippen molar-refractivity contribution in [1.29, 1.82) is 0 Å². The molecule has 0 aliphatic heterocycles. The molecule has 0 bridgehead atoms. The van der Waals surface area contributed by atoms with Crippen molar-refractivity contribution in [3.63, 3.8) is 0 Å². The third-order valence-corrected chi connectivity index (χ3v) is 2.30. The molecule has 0 saturated carbocycles. The first-order chi connectivity index (χ1) is 6.06. The summed E-state index contributed by atoms with van der Waals surface area (Å²) in [4.78, 5) is 0. The highest BCUT2D eigenvalue weighted by molar-refractivity contribution is 5.26. The molecule has 0 fully saturated rings. The molecule has 0 radical (unpaired) electrons. The summed E-state index contributed by atoms with van der Waals surface area (Å²) in [5.41, 5.74) is 9.01. The number of terminal acetylenes is 1. The molecule has 0 amide bonds. The fourth-order valence-corrected chi connectivity index (χ4v) is 1.39. The SMILES string of the molecule is C#CC(N)Cc1c(C)nn(C)c1C. The van der Waals surface area contributed by atoms with E-state index in [1.54, 1.807) is 0 Å². The van der Waals surface area contributed by atoms with Crippen molar-refractivity contribution in [2.75, 3.05) is 0 Å². The Hall–Kier alpha value is -1.27. The molecule has 70 valence electrons. The second kappa shape index (κ2) is 3.63. The Labute approximate surface area is 78.9 Å². The minimum Gasteiger partial charge on any atom is -0.317 e. The zero-order valence-electron chi connectivity index (χ0n) is 8.33. The first-order valence-electron chi connectivity index (χ1n) is 4.27. The first kappa shape index (κ1) is 9.82. The Morgan fingerprint density at radius 2 is 2.23 bits per heavy atom. The van der Waals surface area contributed by atoms with Gasteiger partial charge >= 0.3 is 0 Å². The predicted molar refractivity (Wildman–Crippen MR) is 53.2 cm³/mol. The Morgan fingerprint density at radius 3 is 2.62 bits per heavy atom. The topological polar surface area (TPSA) is 43.8 Å². The third-order valence-electron chi connectivity index (χ3n) is 2.30. The summed E-state index contributed by atoms with van der Waals surface area (Å²) in [6.07, 6.45) is 5.93. The molecule has 1 unspecified atom stereocenters. The van der Waals surface area contributed by atoms with Crippen LogP contribution in [0.25, 0.3) is 0 Å². The van der Waals surface area contributed by atoms with E-state index in [-0.39, 0.29) is 6.04 Å². The maximum absolute atomic E-state index is 5.68. The van der Waals surface area contributed by atoms with Gasteiger partial charge in [0.1, 0.15) is 0 Å². The van der Waals surface area contributed by atoms with E-state index in [1.807, 2.05) is 25.6 Å². The van der Waals surface area contributed by atoms with E-state index in [1.165, 1.54) is 5.56 Å². The van der Waals surface area contributed by atoms with Gasteiger partial charge in [-0.3, -0.25) is 4.68 Å². The smallest absolute Gasteiger partial charge is 0.0704 e. The molecule has 0 aliphatic carbocycles. The average molecular weight is 177 g/mol. The standard InChI is InChI=1S/C10H15N3/c1-5-9(11)6-10-7(2)12-13(4)8(10)3/h1,9H,6,11H2,2-4H3. The Kier molecular flexibility index (Phi) is 2.74. The number of hydrogen-bond donors (Lipinski definition) is 1. The van der Waals surface area contributed by atoms with Gasteiger partial charge < -0.3 is 5.73 Å². The minimum atomic E-state index is -0.207. The van der Waals surface area contributed by atoms with Crippen molar-refractivity contribution in [3.8, 4) is 12.3 Å². The lowest BCUT2D eigenvalue weighted by atomic mass is 10.1. The monoisotopic (exact) mass is 177 g/mol. The van der Waals surface area contributed by atoms with Gasteiger partial charge in [-0.2, -0.15) is 5.10 Å². The number of aryl methyl sites for hydroxylation is 2. The zero-order chi connectivity index (χ0) is 10.0. The van der Waals surface area contributed by atoms with Crippen LogP contribution in [-0.4, -0.2) is 15.8 Å². The fraction of sp³-hybridized carbons (Fsp3) is 0.500. The molecule has 0 aromatic carbocycles. The van der Waals surface area contributed by atoms with Crippen molar-refractivity contribution >= 4 is 0 Å². The number of nitrogens with two attached hydrogens (primary N) is 1. The molecule has 13 heavy (non-hydrogen) atoms. The number of hydrogen-bond acceptors (Lipinski definition) is 2. The van der Waals surface area contributed by atoms with E-state index < -0.39 is 0 Å². The molecule has 3 heteroatoms. The lowest BCUT2D eigenvalue weighted by Gasteiger charge is -2.04. The van der Waals surface area contributed by atoms with Gasteiger partial charge in [0.05, 0.1) is 11.7 Å². The van der Waals surface area contributed by atoms with Crippen molar-refractivity contribution in [2.24, 2.45) is 12.8 Å². The van der Waals surface area contributed by atoms with Crippen LogP contribution in [0.4, 0.5) is 0 Å². The van der Waals surface area contributed by atoms with Gasteiger partial charge in [-0.05, 0) is 19.4 Å². The largest absolute Gasteiger partial charge is 0.317 e. The van der Waals surface area contributed by atoms with Crippen LogP contribution in [0, 0.1) is 26.2 Å². The summed E-state index contributed by atoms with van der Waals surface area (Å²) in [6, 6.07) is -0.207. The van der Waals surface area contributed by atoms with Gasteiger partial charge in [0.2, 0.25) is 0 Å². The Morgan fingerprint density at radius 1 is 1.62 bits per heavy atom. The molecule has 1 heterocycles. The van der Waals surface area contributed by atoms with Crippen LogP contribution in [0.1, 0.15) is 17.0 Å². The molecule has 0 saturated heterocycles. The van der Waals surface area contributed by atoms with Gasteiger partial charge in [-0.15, -0.1) is 6.42 Å². The molecule has 2 N–H and O–H groups in total. The minimum absolute atomic E-state index is 0.207. The van der Waals surface area contributed by atoms with E-state index >= 15 is 0 Å². The summed E-state index contributed by atoms with van der Waals surface area (Å²) < 4.78 is 1.86. The van der Waals surface area contributed by atoms with Crippen molar-refractivity contribution in [2.45, 2.75) is 26.3 Å². The fourth-order valence-electron chi connectivity index (χ4n) is 1.39. The van der Waals surface area contributed by atoms with Gasteiger partial charge in [0.15, 0.2) is 0 Å². The molecule has 3 nitrogen and oxygen atoms in total. The summed E-state index contributed by atoms with van der Waals surface area (Å²) in [6.45, 7) is 4.00.